The van der Waals surface area contributed by atoms with E-state index in [1.807, 2.05) is 25.1 Å². The molecule has 0 aliphatic carbocycles. The highest BCUT2D eigenvalue weighted by molar-refractivity contribution is 5.50. The number of methoxy groups -OCH3 is 1. The zero-order valence-corrected chi connectivity index (χ0v) is 18.7. The van der Waals surface area contributed by atoms with E-state index in [4.69, 9.17) is 14.2 Å². The highest BCUT2D eigenvalue weighted by atomic mass is 16.5. The molecule has 0 bridgehead atoms. The lowest BCUT2D eigenvalue weighted by molar-refractivity contribution is 0.144. The van der Waals surface area contributed by atoms with E-state index in [1.165, 1.54) is 6.07 Å². The van der Waals surface area contributed by atoms with Gasteiger partial charge in [-0.05, 0) is 43.3 Å². The molecule has 9 heteroatoms. The van der Waals surface area contributed by atoms with E-state index in [2.05, 4.69) is 4.98 Å². The molecule has 0 spiro atoms. The van der Waals surface area contributed by atoms with Gasteiger partial charge in [-0.3, -0.25) is 4.98 Å². The molecule has 0 saturated carbocycles. The van der Waals surface area contributed by atoms with Crippen LogP contribution in [-0.4, -0.2) is 34.4 Å². The third-order valence-corrected chi connectivity index (χ3v) is 5.00. The highest BCUT2D eigenvalue weighted by Crippen LogP contribution is 2.33. The van der Waals surface area contributed by atoms with E-state index >= 15 is 0 Å². The SMILES string of the molecule is COCCOc1cc(-n2c(=O)[nH]c(=O)n(-c3ccc(C)cc3)c2=O)ccc1Oc1ccccc1. The summed E-state index contributed by atoms with van der Waals surface area (Å²) < 4.78 is 18.5. The van der Waals surface area contributed by atoms with Crippen LogP contribution in [0.3, 0.4) is 0 Å². The number of aromatic nitrogens is 3. The molecule has 0 saturated heterocycles. The number of benzene rings is 3. The number of aromatic amines is 1. The van der Waals surface area contributed by atoms with Crippen LogP contribution in [0.5, 0.6) is 17.2 Å². The second kappa shape index (κ2) is 10.1. The van der Waals surface area contributed by atoms with Crippen LogP contribution in [0.1, 0.15) is 5.56 Å². The number of para-hydroxylation sites is 1. The number of hydrogen-bond donors (Lipinski definition) is 1. The lowest BCUT2D eigenvalue weighted by Gasteiger charge is -2.15. The van der Waals surface area contributed by atoms with Crippen LogP contribution in [0.4, 0.5) is 0 Å². The summed E-state index contributed by atoms with van der Waals surface area (Å²) in [6.45, 7) is 2.44. The van der Waals surface area contributed by atoms with Gasteiger partial charge in [0, 0.05) is 13.2 Å². The Morgan fingerprint density at radius 2 is 1.41 bits per heavy atom. The Morgan fingerprint density at radius 1 is 0.765 bits per heavy atom. The second-order valence-electron chi connectivity index (χ2n) is 7.41. The minimum Gasteiger partial charge on any atom is -0.487 e. The predicted molar refractivity (Wildman–Crippen MR) is 127 cm³/mol. The van der Waals surface area contributed by atoms with Gasteiger partial charge >= 0.3 is 17.1 Å². The second-order valence-corrected chi connectivity index (χ2v) is 7.41. The van der Waals surface area contributed by atoms with Crippen molar-refractivity contribution in [1.82, 2.24) is 14.1 Å². The summed E-state index contributed by atoms with van der Waals surface area (Å²) in [5, 5.41) is 0. The normalized spacial score (nSPS) is 10.8. The summed E-state index contributed by atoms with van der Waals surface area (Å²) >= 11 is 0. The van der Waals surface area contributed by atoms with Crippen molar-refractivity contribution in [3.05, 3.63) is 110 Å². The molecule has 0 unspecified atom stereocenters. The first-order valence-corrected chi connectivity index (χ1v) is 10.5. The van der Waals surface area contributed by atoms with Gasteiger partial charge in [-0.1, -0.05) is 35.9 Å². The van der Waals surface area contributed by atoms with Gasteiger partial charge in [-0.25, -0.2) is 23.5 Å². The number of aryl methyl sites for hydroxylation is 1. The van der Waals surface area contributed by atoms with Gasteiger partial charge in [0.05, 0.1) is 18.0 Å². The molecular formula is C25H23N3O6. The lowest BCUT2D eigenvalue weighted by Crippen LogP contribution is -2.48. The summed E-state index contributed by atoms with van der Waals surface area (Å²) in [6, 6.07) is 20.6. The Balaban J connectivity index is 1.82. The minimum absolute atomic E-state index is 0.208. The van der Waals surface area contributed by atoms with Crippen LogP contribution in [0.15, 0.2) is 87.2 Å². The smallest absolute Gasteiger partial charge is 0.345 e. The highest BCUT2D eigenvalue weighted by Gasteiger charge is 2.16. The quantitative estimate of drug-likeness (QED) is 0.405. The molecule has 4 aromatic rings. The molecule has 1 aromatic heterocycles. The molecule has 9 nitrogen and oxygen atoms in total. The van der Waals surface area contributed by atoms with E-state index in [1.54, 1.807) is 55.6 Å². The van der Waals surface area contributed by atoms with Crippen LogP contribution in [0.25, 0.3) is 11.4 Å². The number of nitrogens with zero attached hydrogens (tertiary/aromatic N) is 2. The summed E-state index contributed by atoms with van der Waals surface area (Å²) in [7, 11) is 1.55. The van der Waals surface area contributed by atoms with E-state index < -0.39 is 17.1 Å². The van der Waals surface area contributed by atoms with Gasteiger partial charge in [0.1, 0.15) is 12.4 Å². The van der Waals surface area contributed by atoms with Crippen LogP contribution < -0.4 is 26.5 Å². The van der Waals surface area contributed by atoms with Crippen molar-refractivity contribution in [3.8, 4) is 28.6 Å². The number of nitrogens with one attached hydrogen (secondary N) is 1. The monoisotopic (exact) mass is 461 g/mol. The van der Waals surface area contributed by atoms with Crippen LogP contribution >= 0.6 is 0 Å². The van der Waals surface area contributed by atoms with Crippen molar-refractivity contribution < 1.29 is 14.2 Å². The maximum atomic E-state index is 13.3. The van der Waals surface area contributed by atoms with E-state index in [0.29, 0.717) is 29.5 Å². The van der Waals surface area contributed by atoms with Crippen LogP contribution in [0.2, 0.25) is 0 Å². The largest absolute Gasteiger partial charge is 0.487 e. The molecule has 0 radical (unpaired) electrons. The Bertz CT molecular complexity index is 1450. The van der Waals surface area contributed by atoms with Crippen molar-refractivity contribution in [2.75, 3.05) is 20.3 Å². The van der Waals surface area contributed by atoms with Gasteiger partial charge in [-0.15, -0.1) is 0 Å². The Hall–Kier alpha value is -4.37. The fourth-order valence-corrected chi connectivity index (χ4v) is 3.31. The molecule has 3 aromatic carbocycles. The average Bonchev–Trinajstić information content (AvgIpc) is 2.82. The Kier molecular flexibility index (Phi) is 6.74. The molecule has 1 heterocycles. The van der Waals surface area contributed by atoms with E-state index in [0.717, 1.165) is 14.7 Å². The van der Waals surface area contributed by atoms with Crippen molar-refractivity contribution in [2.45, 2.75) is 6.92 Å². The number of hydrogen-bond acceptors (Lipinski definition) is 6. The fraction of sp³-hybridized carbons (Fsp3) is 0.160. The summed E-state index contributed by atoms with van der Waals surface area (Å²) in [4.78, 5) is 40.6. The Morgan fingerprint density at radius 3 is 2.09 bits per heavy atom. The van der Waals surface area contributed by atoms with Gasteiger partial charge in [0.15, 0.2) is 11.5 Å². The van der Waals surface area contributed by atoms with Crippen LogP contribution in [-0.2, 0) is 4.74 Å². The van der Waals surface area contributed by atoms with Crippen molar-refractivity contribution in [3.63, 3.8) is 0 Å². The number of H-pyrrole nitrogens is 1. The third-order valence-electron chi connectivity index (χ3n) is 5.00. The van der Waals surface area contributed by atoms with Crippen LogP contribution in [0, 0.1) is 6.92 Å². The van der Waals surface area contributed by atoms with E-state index in [9.17, 15) is 14.4 Å². The molecular weight excluding hydrogens is 438 g/mol. The standard InChI is InChI=1S/C25H23N3O6/c1-17-8-10-18(11-9-17)27-23(29)26-24(30)28(25(27)31)19-12-13-21(22(16-19)33-15-14-32-2)34-20-6-4-3-5-7-20/h3-13,16H,14-15H2,1-2H3,(H,26,29,30). The molecule has 0 amide bonds. The summed E-state index contributed by atoms with van der Waals surface area (Å²) in [5.74, 6) is 1.29. The fourth-order valence-electron chi connectivity index (χ4n) is 3.31. The average molecular weight is 461 g/mol. The maximum absolute atomic E-state index is 13.3. The van der Waals surface area contributed by atoms with Gasteiger partial charge in [0.25, 0.3) is 0 Å². The lowest BCUT2D eigenvalue weighted by atomic mass is 10.2. The topological polar surface area (TPSA) is 105 Å². The number of ether oxygens (including phenoxy) is 3. The molecule has 174 valence electrons. The predicted octanol–water partition coefficient (Wildman–Crippen LogP) is 2.80. The molecule has 0 aliphatic rings. The molecule has 4 rings (SSSR count). The first-order chi connectivity index (χ1) is 16.5. The van der Waals surface area contributed by atoms with E-state index in [-0.39, 0.29) is 12.3 Å². The van der Waals surface area contributed by atoms with Crippen molar-refractivity contribution in [1.29, 1.82) is 0 Å². The Labute approximate surface area is 194 Å². The maximum Gasteiger partial charge on any atom is 0.345 e. The number of rotatable bonds is 8. The van der Waals surface area contributed by atoms with Gasteiger partial charge in [0.2, 0.25) is 0 Å². The van der Waals surface area contributed by atoms with Gasteiger partial charge in [-0.2, -0.15) is 0 Å². The van der Waals surface area contributed by atoms with Gasteiger partial charge < -0.3 is 14.2 Å². The summed E-state index contributed by atoms with van der Waals surface area (Å²) in [6.07, 6.45) is 0. The molecule has 0 fully saturated rings. The molecule has 34 heavy (non-hydrogen) atoms. The first kappa shape index (κ1) is 22.8. The molecule has 0 atom stereocenters. The molecule has 0 aliphatic heterocycles. The zero-order chi connectivity index (χ0) is 24.1. The first-order valence-electron chi connectivity index (χ1n) is 10.5. The molecule has 1 N–H and O–H groups in total. The summed E-state index contributed by atoms with van der Waals surface area (Å²) in [5.41, 5.74) is -0.981. The zero-order valence-electron chi connectivity index (χ0n) is 18.7. The van der Waals surface area contributed by atoms with Crippen molar-refractivity contribution >= 4 is 0 Å². The third kappa shape index (κ3) is 4.84. The minimum atomic E-state index is -0.863. The van der Waals surface area contributed by atoms with Crippen molar-refractivity contribution in [2.24, 2.45) is 0 Å².